The summed E-state index contributed by atoms with van der Waals surface area (Å²) in [6.07, 6.45) is 5.31. The van der Waals surface area contributed by atoms with Crippen LogP contribution >= 0.6 is 22.6 Å². The Kier molecular flexibility index (Phi) is 18.7. The molecule has 0 radical (unpaired) electrons. The molecule has 5 N–H and O–H groups in total. The largest absolute Gasteiger partial charge is 0.347 e. The van der Waals surface area contributed by atoms with E-state index in [0.717, 1.165) is 33.9 Å². The molecule has 2 saturated heterocycles. The fourth-order valence-corrected chi connectivity index (χ4v) is 10.7. The molecule has 6 aromatic rings. The molecule has 4 aliphatic rings. The van der Waals surface area contributed by atoms with Crippen molar-refractivity contribution >= 4 is 73.7 Å². The standard InChI is InChI=1S/C27H28F4N4O2.C14H15F2IN2.C13H14F2N2O2.CH5N/c1-26(28,29)25(37)33-21-14-23(36)35(24(21)18-5-3-2-4-6-18)20-7-8-22-19(13-20)15-32-34(22)16-17-9-11-27(30,31)12-10-17;15-14(16)5-3-10(4-6-14)9-19-13-2-1-12(17)7-11(13)8-18-19;1-13(14,15)12(19)16-9-7-10(18)17-11(9)8-5-3-2-4-6-8;1-2/h2-8,13,15,17,21,24H,9-12,14,16H2,1H3,(H,33,37);1-2,7-8,10H,3-6,9H2;2-6,9,11H,7H2,1H3,(H,16,19)(H,17,18);2H2,1H3/t21-,24+;;9-,11+;/m0.0./s1. The zero-order chi connectivity index (χ0) is 55.9. The van der Waals surface area contributed by atoms with Gasteiger partial charge in [-0.05, 0) is 115 Å². The monoisotopic (exact) mass is 1190 g/mol. The predicted octanol–water partition coefficient (Wildman–Crippen LogP) is 10.9. The minimum Gasteiger partial charge on any atom is -0.347 e. The van der Waals surface area contributed by atoms with Crippen LogP contribution in [0.3, 0.4) is 0 Å². The Hall–Kier alpha value is -6.17. The van der Waals surface area contributed by atoms with Crippen LogP contribution in [0.5, 0.6) is 0 Å². The molecule has 2 aliphatic heterocycles. The number of aromatic nitrogens is 4. The van der Waals surface area contributed by atoms with Crippen molar-refractivity contribution in [3.8, 4) is 0 Å². The molecule has 0 bridgehead atoms. The summed E-state index contributed by atoms with van der Waals surface area (Å²) in [4.78, 5) is 49.5. The third-order valence-electron chi connectivity index (χ3n) is 14.2. The van der Waals surface area contributed by atoms with E-state index in [1.54, 1.807) is 71.5 Å². The Labute approximate surface area is 454 Å². The van der Waals surface area contributed by atoms with E-state index in [0.29, 0.717) is 63.2 Å². The van der Waals surface area contributed by atoms with Crippen molar-refractivity contribution in [1.82, 2.24) is 35.5 Å². The Morgan fingerprint density at radius 3 is 1.61 bits per heavy atom. The van der Waals surface area contributed by atoms with Crippen molar-refractivity contribution in [2.24, 2.45) is 17.6 Å². The Morgan fingerprint density at radius 2 is 1.12 bits per heavy atom. The lowest BCUT2D eigenvalue weighted by Gasteiger charge is -2.30. The molecule has 2 aliphatic carbocycles. The van der Waals surface area contributed by atoms with Gasteiger partial charge in [-0.25, -0.2) is 17.6 Å². The lowest BCUT2D eigenvalue weighted by Crippen LogP contribution is -2.46. The van der Waals surface area contributed by atoms with Crippen LogP contribution in [-0.2, 0) is 32.3 Å². The summed E-state index contributed by atoms with van der Waals surface area (Å²) in [7, 11) is 1.50. The first-order chi connectivity index (χ1) is 36.4. The molecule has 22 heteroatoms. The Morgan fingerprint density at radius 1 is 0.662 bits per heavy atom. The zero-order valence-electron chi connectivity index (χ0n) is 42.7. The number of nitrogens with two attached hydrogens (primary N) is 1. The first kappa shape index (κ1) is 58.5. The highest BCUT2D eigenvalue weighted by molar-refractivity contribution is 14.1. The number of rotatable bonds is 11. The summed E-state index contributed by atoms with van der Waals surface area (Å²) in [5.74, 6) is -15.0. The number of halogens is 9. The first-order valence-corrected chi connectivity index (χ1v) is 26.5. The van der Waals surface area contributed by atoms with Gasteiger partial charge in [0.25, 0.3) is 11.8 Å². The zero-order valence-corrected chi connectivity index (χ0v) is 44.8. The molecular formula is C55H62F8IN9O4. The van der Waals surface area contributed by atoms with Gasteiger partial charge in [0.2, 0.25) is 23.7 Å². The van der Waals surface area contributed by atoms with E-state index in [4.69, 9.17) is 0 Å². The van der Waals surface area contributed by atoms with Gasteiger partial charge in [0, 0.05) is 85.5 Å². The molecule has 0 unspecified atom stereocenters. The van der Waals surface area contributed by atoms with E-state index in [1.165, 1.54) is 15.5 Å². The fourth-order valence-electron chi connectivity index (χ4n) is 10.2. The van der Waals surface area contributed by atoms with E-state index in [-0.39, 0.29) is 56.3 Å². The molecule has 0 spiro atoms. The third kappa shape index (κ3) is 15.1. The first-order valence-electron chi connectivity index (χ1n) is 25.4. The van der Waals surface area contributed by atoms with E-state index in [1.807, 2.05) is 29.1 Å². The number of fused-ring (bicyclic) bond motifs is 2. The molecule has 414 valence electrons. The number of hydrogen-bond acceptors (Lipinski definition) is 7. The molecule has 2 saturated carbocycles. The number of amides is 4. The van der Waals surface area contributed by atoms with E-state index in [2.05, 4.69) is 72.7 Å². The van der Waals surface area contributed by atoms with Gasteiger partial charge in [-0.1, -0.05) is 60.7 Å². The predicted molar refractivity (Wildman–Crippen MR) is 284 cm³/mol. The van der Waals surface area contributed by atoms with Crippen LogP contribution in [0, 0.1) is 15.4 Å². The normalized spacial score (nSPS) is 21.5. The van der Waals surface area contributed by atoms with Gasteiger partial charge in [-0.15, -0.1) is 0 Å². The maximum atomic E-state index is 13.6. The molecule has 4 atom stereocenters. The second-order valence-corrected chi connectivity index (χ2v) is 21.4. The second-order valence-electron chi connectivity index (χ2n) is 20.1. The lowest BCUT2D eigenvalue weighted by atomic mass is 9.87. The van der Waals surface area contributed by atoms with Crippen LogP contribution in [0.1, 0.15) is 101 Å². The van der Waals surface area contributed by atoms with Crippen molar-refractivity contribution in [3.63, 3.8) is 0 Å². The van der Waals surface area contributed by atoms with Crippen LogP contribution in [0.15, 0.2) is 109 Å². The molecule has 77 heavy (non-hydrogen) atoms. The van der Waals surface area contributed by atoms with Gasteiger partial charge in [-0.2, -0.15) is 27.8 Å². The molecule has 13 nitrogen and oxygen atoms in total. The highest BCUT2D eigenvalue weighted by Gasteiger charge is 2.46. The van der Waals surface area contributed by atoms with Gasteiger partial charge in [0.15, 0.2) is 0 Å². The Balaban J connectivity index is 0.000000181. The average molecular weight is 1190 g/mol. The summed E-state index contributed by atoms with van der Waals surface area (Å²) in [5, 5.41) is 18.0. The second kappa shape index (κ2) is 24.7. The number of carbonyl (C=O) groups excluding carboxylic acids is 4. The van der Waals surface area contributed by atoms with Crippen LogP contribution in [0.2, 0.25) is 0 Å². The number of nitrogens with zero attached hydrogens (tertiary/aromatic N) is 5. The van der Waals surface area contributed by atoms with Crippen LogP contribution in [0.4, 0.5) is 40.8 Å². The maximum Gasteiger partial charge on any atom is 0.321 e. The quantitative estimate of drug-likeness (QED) is 0.0739. The summed E-state index contributed by atoms with van der Waals surface area (Å²) < 4.78 is 111. The van der Waals surface area contributed by atoms with E-state index >= 15 is 0 Å². The SMILES string of the molecule is CC(F)(F)C(=O)N[C@H]1CC(=O)N(c2ccc3c(cnn3CC3CCC(F)(F)CC3)c2)[C@@H]1c1ccccc1.CC(F)(F)C(=O)N[C@H]1CC(=O)N[C@@H]1c1ccccc1.CN.FC1(F)CCC(Cn2ncc3cc(I)ccc32)CC1. The van der Waals surface area contributed by atoms with Crippen molar-refractivity contribution in [2.45, 2.75) is 139 Å². The number of carbonyl (C=O) groups is 4. The van der Waals surface area contributed by atoms with Gasteiger partial charge in [0.05, 0.1) is 47.6 Å². The molecule has 4 fully saturated rings. The van der Waals surface area contributed by atoms with Gasteiger partial charge < -0.3 is 26.6 Å². The topological polar surface area (TPSA) is 169 Å². The summed E-state index contributed by atoms with van der Waals surface area (Å²) in [5.41, 5.74) is 8.46. The van der Waals surface area contributed by atoms with Crippen molar-refractivity contribution in [1.29, 1.82) is 0 Å². The van der Waals surface area contributed by atoms with Crippen LogP contribution < -0.4 is 26.6 Å². The molecular weight excluding hydrogens is 1130 g/mol. The van der Waals surface area contributed by atoms with Gasteiger partial charge >= 0.3 is 11.8 Å². The minimum absolute atomic E-state index is 0.00137. The van der Waals surface area contributed by atoms with Crippen molar-refractivity contribution < 1.29 is 54.3 Å². The molecule has 2 aromatic heterocycles. The van der Waals surface area contributed by atoms with Crippen molar-refractivity contribution in [3.05, 3.63) is 124 Å². The smallest absolute Gasteiger partial charge is 0.321 e. The molecule has 4 heterocycles. The number of alkyl halides is 8. The minimum atomic E-state index is -3.57. The number of anilines is 1. The summed E-state index contributed by atoms with van der Waals surface area (Å²) in [6.45, 7) is 2.34. The van der Waals surface area contributed by atoms with Crippen LogP contribution in [0.25, 0.3) is 21.8 Å². The fraction of sp³-hybridized carbons (Fsp3) is 0.455. The highest BCUT2D eigenvalue weighted by Crippen LogP contribution is 2.41. The number of benzene rings is 4. The molecule has 4 amide bonds. The molecule has 10 rings (SSSR count). The third-order valence-corrected chi connectivity index (χ3v) is 14.9. The van der Waals surface area contributed by atoms with Crippen molar-refractivity contribution in [2.75, 3.05) is 11.9 Å². The lowest BCUT2D eigenvalue weighted by molar-refractivity contribution is -0.144. The number of nitrogens with one attached hydrogen (secondary N) is 3. The number of hydrogen-bond donors (Lipinski definition) is 4. The average Bonchev–Trinajstić information content (AvgIpc) is 4.18. The summed E-state index contributed by atoms with van der Waals surface area (Å²) >= 11 is 2.28. The molecule has 4 aromatic carbocycles. The van der Waals surface area contributed by atoms with Gasteiger partial charge in [0.1, 0.15) is 0 Å². The summed E-state index contributed by atoms with van der Waals surface area (Å²) in [6, 6.07) is 26.9. The maximum absolute atomic E-state index is 13.6. The Bertz CT molecular complexity index is 2970. The highest BCUT2D eigenvalue weighted by atomic mass is 127. The van der Waals surface area contributed by atoms with E-state index < -0.39 is 59.7 Å². The van der Waals surface area contributed by atoms with Crippen LogP contribution in [-0.4, -0.2) is 86.0 Å². The van der Waals surface area contributed by atoms with Gasteiger partial charge in [-0.3, -0.25) is 28.5 Å². The van der Waals surface area contributed by atoms with E-state index in [9.17, 15) is 54.3 Å².